The Bertz CT molecular complexity index is 357. The molecule has 0 spiro atoms. The van der Waals surface area contributed by atoms with Crippen LogP contribution in [-0.4, -0.2) is 48.0 Å². The molecule has 94 valence electrons. The fourth-order valence-electron chi connectivity index (χ4n) is 3.85. The minimum absolute atomic E-state index is 0.0362. The predicted octanol–water partition coefficient (Wildman–Crippen LogP) is 0.904. The van der Waals surface area contributed by atoms with Gasteiger partial charge >= 0.3 is 0 Å². The third kappa shape index (κ3) is 1.46. The summed E-state index contributed by atoms with van der Waals surface area (Å²) < 4.78 is 5.83. The standard InChI is InChI=1S/C13H20N2O2/c1-15-6-4-13(16,5-7-15)12(9-14)8-10-2-3-11(12)17-10/h10-11,16H,2-8H2,1H3. The molecule has 0 aliphatic carbocycles. The molecule has 2 bridgehead atoms. The van der Waals surface area contributed by atoms with Crippen molar-refractivity contribution in [2.24, 2.45) is 5.41 Å². The van der Waals surface area contributed by atoms with Gasteiger partial charge in [0.1, 0.15) is 5.41 Å². The van der Waals surface area contributed by atoms with E-state index in [0.29, 0.717) is 12.8 Å². The minimum Gasteiger partial charge on any atom is -0.388 e. The van der Waals surface area contributed by atoms with E-state index in [1.54, 1.807) is 0 Å². The van der Waals surface area contributed by atoms with Gasteiger partial charge in [-0.2, -0.15) is 5.26 Å². The highest BCUT2D eigenvalue weighted by molar-refractivity contribution is 5.21. The molecule has 3 rings (SSSR count). The first-order chi connectivity index (χ1) is 8.10. The van der Waals surface area contributed by atoms with E-state index >= 15 is 0 Å². The van der Waals surface area contributed by atoms with Gasteiger partial charge in [-0.1, -0.05) is 0 Å². The molecule has 1 N–H and O–H groups in total. The summed E-state index contributed by atoms with van der Waals surface area (Å²) >= 11 is 0. The lowest BCUT2D eigenvalue weighted by molar-refractivity contribution is -0.116. The molecule has 3 fully saturated rings. The molecule has 3 atom stereocenters. The van der Waals surface area contributed by atoms with Gasteiger partial charge in [0.2, 0.25) is 0 Å². The number of likely N-dealkylation sites (tertiary alicyclic amines) is 1. The van der Waals surface area contributed by atoms with Crippen molar-refractivity contribution < 1.29 is 9.84 Å². The van der Waals surface area contributed by atoms with Gasteiger partial charge < -0.3 is 14.7 Å². The van der Waals surface area contributed by atoms with Crippen molar-refractivity contribution in [3.63, 3.8) is 0 Å². The average molecular weight is 236 g/mol. The van der Waals surface area contributed by atoms with Crippen molar-refractivity contribution >= 4 is 0 Å². The second-order valence-electron chi connectivity index (χ2n) is 5.95. The highest BCUT2D eigenvalue weighted by Crippen LogP contribution is 2.55. The zero-order valence-corrected chi connectivity index (χ0v) is 10.4. The van der Waals surface area contributed by atoms with E-state index in [-0.39, 0.29) is 12.2 Å². The first-order valence-corrected chi connectivity index (χ1v) is 6.57. The number of rotatable bonds is 1. The van der Waals surface area contributed by atoms with Crippen LogP contribution in [0.25, 0.3) is 0 Å². The van der Waals surface area contributed by atoms with Crippen molar-refractivity contribution in [1.82, 2.24) is 4.90 Å². The molecular formula is C13H20N2O2. The molecule has 0 saturated carbocycles. The molecule has 3 unspecified atom stereocenters. The van der Waals surface area contributed by atoms with E-state index in [4.69, 9.17) is 4.74 Å². The fraction of sp³-hybridized carbons (Fsp3) is 0.923. The zero-order valence-electron chi connectivity index (χ0n) is 10.4. The summed E-state index contributed by atoms with van der Waals surface area (Å²) in [6, 6.07) is 2.44. The fourth-order valence-corrected chi connectivity index (χ4v) is 3.85. The highest BCUT2D eigenvalue weighted by atomic mass is 16.5. The van der Waals surface area contributed by atoms with Crippen molar-refractivity contribution in [1.29, 1.82) is 5.26 Å². The third-order valence-electron chi connectivity index (χ3n) is 5.05. The zero-order chi connectivity index (χ0) is 12.1. The molecule has 17 heavy (non-hydrogen) atoms. The van der Waals surface area contributed by atoms with Crippen LogP contribution < -0.4 is 0 Å². The van der Waals surface area contributed by atoms with E-state index < -0.39 is 11.0 Å². The molecule has 3 heterocycles. The number of nitrogens with zero attached hydrogens (tertiary/aromatic N) is 2. The maximum Gasteiger partial charge on any atom is 0.115 e. The molecule has 4 heteroatoms. The van der Waals surface area contributed by atoms with Gasteiger partial charge in [-0.25, -0.2) is 0 Å². The lowest BCUT2D eigenvalue weighted by atomic mass is 9.61. The van der Waals surface area contributed by atoms with Crippen molar-refractivity contribution in [3.8, 4) is 6.07 Å². The molecule has 3 saturated heterocycles. The largest absolute Gasteiger partial charge is 0.388 e. The van der Waals surface area contributed by atoms with E-state index in [0.717, 1.165) is 32.4 Å². The number of piperidine rings is 1. The number of hydrogen-bond acceptors (Lipinski definition) is 4. The molecule has 3 aliphatic rings. The Kier molecular flexibility index (Phi) is 2.48. The highest BCUT2D eigenvalue weighted by Gasteiger charge is 2.63. The average Bonchev–Trinajstić information content (AvgIpc) is 2.93. The minimum atomic E-state index is -0.839. The topological polar surface area (TPSA) is 56.5 Å². The van der Waals surface area contributed by atoms with Gasteiger partial charge in [-0.15, -0.1) is 0 Å². The maximum atomic E-state index is 10.9. The monoisotopic (exact) mass is 236 g/mol. The number of nitriles is 1. The van der Waals surface area contributed by atoms with Crippen molar-refractivity contribution in [3.05, 3.63) is 0 Å². The second-order valence-corrected chi connectivity index (χ2v) is 5.95. The lowest BCUT2D eigenvalue weighted by Gasteiger charge is -2.47. The molecule has 4 nitrogen and oxygen atoms in total. The molecule has 0 aromatic carbocycles. The van der Waals surface area contributed by atoms with E-state index in [2.05, 4.69) is 18.0 Å². The Morgan fingerprint density at radius 1 is 1.35 bits per heavy atom. The smallest absolute Gasteiger partial charge is 0.115 e. The first kappa shape index (κ1) is 11.5. The number of aliphatic hydroxyl groups is 1. The normalized spacial score (nSPS) is 44.8. The summed E-state index contributed by atoms with van der Waals surface area (Å²) in [5.41, 5.74) is -1.48. The molecular weight excluding hydrogens is 216 g/mol. The van der Waals surface area contributed by atoms with Gasteiger partial charge in [0.25, 0.3) is 0 Å². The summed E-state index contributed by atoms with van der Waals surface area (Å²) in [7, 11) is 2.07. The third-order valence-corrected chi connectivity index (χ3v) is 5.05. The van der Waals surface area contributed by atoms with Gasteiger partial charge in [0.05, 0.1) is 23.9 Å². The summed E-state index contributed by atoms with van der Waals surface area (Å²) in [6.07, 6.45) is 4.30. The van der Waals surface area contributed by atoms with Gasteiger partial charge in [0.15, 0.2) is 0 Å². The quantitative estimate of drug-likeness (QED) is 0.735. The SMILES string of the molecule is CN1CCC(O)(C2(C#N)CC3CCC2O3)CC1. The summed E-state index contributed by atoms with van der Waals surface area (Å²) in [4.78, 5) is 2.22. The summed E-state index contributed by atoms with van der Waals surface area (Å²) in [6.45, 7) is 1.74. The van der Waals surface area contributed by atoms with Gasteiger partial charge in [-0.05, 0) is 39.2 Å². The molecule has 0 aromatic heterocycles. The van der Waals surface area contributed by atoms with Crippen LogP contribution in [0.3, 0.4) is 0 Å². The number of fused-ring (bicyclic) bond motifs is 2. The Hall–Kier alpha value is -0.630. The van der Waals surface area contributed by atoms with Gasteiger partial charge in [-0.3, -0.25) is 0 Å². The van der Waals surface area contributed by atoms with E-state index in [9.17, 15) is 10.4 Å². The van der Waals surface area contributed by atoms with Crippen LogP contribution in [0.5, 0.6) is 0 Å². The van der Waals surface area contributed by atoms with Gasteiger partial charge in [0, 0.05) is 13.1 Å². The lowest BCUT2D eigenvalue weighted by Crippen LogP contribution is -2.57. The Morgan fingerprint density at radius 3 is 2.53 bits per heavy atom. The van der Waals surface area contributed by atoms with Crippen molar-refractivity contribution in [2.75, 3.05) is 20.1 Å². The van der Waals surface area contributed by atoms with Crippen LogP contribution in [0.4, 0.5) is 0 Å². The molecule has 3 aliphatic heterocycles. The number of ether oxygens (including phenoxy) is 1. The summed E-state index contributed by atoms with van der Waals surface area (Å²) in [5, 5.41) is 20.6. The summed E-state index contributed by atoms with van der Waals surface area (Å²) in [5.74, 6) is 0. The van der Waals surface area contributed by atoms with Crippen LogP contribution in [0.1, 0.15) is 32.1 Å². The van der Waals surface area contributed by atoms with Crippen LogP contribution in [0.15, 0.2) is 0 Å². The van der Waals surface area contributed by atoms with Crippen LogP contribution in [0, 0.1) is 16.7 Å². The first-order valence-electron chi connectivity index (χ1n) is 6.57. The van der Waals surface area contributed by atoms with E-state index in [1.165, 1.54) is 0 Å². The Labute approximate surface area is 102 Å². The Morgan fingerprint density at radius 2 is 2.06 bits per heavy atom. The second kappa shape index (κ2) is 3.68. The predicted molar refractivity (Wildman–Crippen MR) is 62.2 cm³/mol. The molecule has 0 aromatic rings. The van der Waals surface area contributed by atoms with Crippen LogP contribution in [-0.2, 0) is 4.74 Å². The van der Waals surface area contributed by atoms with Crippen LogP contribution in [0.2, 0.25) is 0 Å². The van der Waals surface area contributed by atoms with Crippen LogP contribution >= 0.6 is 0 Å². The Balaban J connectivity index is 1.89. The number of hydrogen-bond donors (Lipinski definition) is 1. The van der Waals surface area contributed by atoms with E-state index in [1.807, 2.05) is 0 Å². The maximum absolute atomic E-state index is 10.9. The molecule has 0 radical (unpaired) electrons. The molecule has 0 amide bonds. The van der Waals surface area contributed by atoms with Crippen molar-refractivity contribution in [2.45, 2.75) is 49.9 Å².